The van der Waals surface area contributed by atoms with Gasteiger partial charge in [-0.2, -0.15) is 0 Å². The van der Waals surface area contributed by atoms with Crippen molar-refractivity contribution in [3.63, 3.8) is 0 Å². The van der Waals surface area contributed by atoms with Gasteiger partial charge in [0.25, 0.3) is 0 Å². The Hall–Kier alpha value is -1.72. The van der Waals surface area contributed by atoms with E-state index >= 15 is 0 Å². The first-order chi connectivity index (χ1) is 14.3. The van der Waals surface area contributed by atoms with E-state index in [4.69, 9.17) is 24.7 Å². The fourth-order valence-corrected chi connectivity index (χ4v) is 2.15. The van der Waals surface area contributed by atoms with E-state index in [2.05, 4.69) is 5.32 Å². The number of ether oxygens (including phenoxy) is 4. The molecule has 0 spiro atoms. The Bertz CT molecular complexity index is 513. The van der Waals surface area contributed by atoms with Crippen molar-refractivity contribution in [3.05, 3.63) is 0 Å². The number of nitrogens with two attached hydrogens (primary N) is 1. The Labute approximate surface area is 178 Å². The molecule has 0 saturated heterocycles. The molecular formula is C20H36N2O8. The van der Waals surface area contributed by atoms with Gasteiger partial charge in [-0.25, -0.2) is 0 Å². The Morgan fingerprint density at radius 1 is 0.800 bits per heavy atom. The lowest BCUT2D eigenvalue weighted by Crippen LogP contribution is -2.31. The van der Waals surface area contributed by atoms with E-state index in [-0.39, 0.29) is 43.1 Å². The molecule has 0 radical (unpaired) electrons. The lowest BCUT2D eigenvalue weighted by Gasteiger charge is -2.08. The normalized spacial score (nSPS) is 11.8. The predicted octanol–water partition coefficient (Wildman–Crippen LogP) is -0.196. The van der Waals surface area contributed by atoms with Gasteiger partial charge in [0.1, 0.15) is 24.8 Å². The highest BCUT2D eigenvalue weighted by Crippen LogP contribution is 2.02. The third-order valence-electron chi connectivity index (χ3n) is 3.85. The first-order valence-electron chi connectivity index (χ1n) is 10.2. The number of rotatable bonds is 21. The zero-order valence-corrected chi connectivity index (χ0v) is 18.1. The summed E-state index contributed by atoms with van der Waals surface area (Å²) in [6.07, 6.45) is 1.66. The largest absolute Gasteiger partial charge is 0.379 e. The minimum Gasteiger partial charge on any atom is -0.379 e. The highest BCUT2D eigenvalue weighted by atomic mass is 16.5. The monoisotopic (exact) mass is 432 g/mol. The van der Waals surface area contributed by atoms with E-state index in [0.717, 1.165) is 0 Å². The SMILES string of the molecule is CC(=O)COCCOCCNC(=O)COCCOCCCC(=O)CC[C@H](N)C(C)=O. The van der Waals surface area contributed by atoms with Crippen molar-refractivity contribution in [2.45, 2.75) is 45.6 Å². The summed E-state index contributed by atoms with van der Waals surface area (Å²) < 4.78 is 20.8. The fourth-order valence-electron chi connectivity index (χ4n) is 2.15. The van der Waals surface area contributed by atoms with E-state index in [0.29, 0.717) is 65.3 Å². The second-order valence-electron chi connectivity index (χ2n) is 6.78. The van der Waals surface area contributed by atoms with Crippen LogP contribution in [0.3, 0.4) is 0 Å². The summed E-state index contributed by atoms with van der Waals surface area (Å²) in [5.41, 5.74) is 5.58. The molecule has 174 valence electrons. The average Bonchev–Trinajstić information content (AvgIpc) is 2.69. The number of hydrogen-bond acceptors (Lipinski definition) is 9. The van der Waals surface area contributed by atoms with Crippen molar-refractivity contribution in [3.8, 4) is 0 Å². The molecule has 0 aromatic carbocycles. The molecule has 10 nitrogen and oxygen atoms in total. The molecule has 0 bridgehead atoms. The van der Waals surface area contributed by atoms with Gasteiger partial charge in [0.2, 0.25) is 5.91 Å². The molecule has 0 unspecified atom stereocenters. The van der Waals surface area contributed by atoms with Crippen molar-refractivity contribution in [1.82, 2.24) is 5.32 Å². The third-order valence-corrected chi connectivity index (χ3v) is 3.85. The minimum atomic E-state index is -0.565. The number of nitrogens with one attached hydrogen (secondary N) is 1. The van der Waals surface area contributed by atoms with E-state index in [1.807, 2.05) is 0 Å². The number of Topliss-reactive ketones (excluding diaryl/α,β-unsaturated/α-hetero) is 3. The smallest absolute Gasteiger partial charge is 0.246 e. The molecule has 0 heterocycles. The molecule has 0 rings (SSSR count). The van der Waals surface area contributed by atoms with Crippen LogP contribution >= 0.6 is 0 Å². The molecule has 0 aliphatic heterocycles. The average molecular weight is 433 g/mol. The number of ketones is 3. The molecule has 0 aromatic rings. The minimum absolute atomic E-state index is 0.0363. The van der Waals surface area contributed by atoms with Gasteiger partial charge in [0.15, 0.2) is 5.78 Å². The third kappa shape index (κ3) is 19.6. The lowest BCUT2D eigenvalue weighted by atomic mass is 10.0. The van der Waals surface area contributed by atoms with Crippen molar-refractivity contribution < 1.29 is 38.1 Å². The Balaban J connectivity index is 3.36. The summed E-state index contributed by atoms with van der Waals surface area (Å²) in [4.78, 5) is 44.9. The predicted molar refractivity (Wildman–Crippen MR) is 109 cm³/mol. The molecule has 1 atom stereocenters. The summed E-state index contributed by atoms with van der Waals surface area (Å²) in [7, 11) is 0. The van der Waals surface area contributed by atoms with Gasteiger partial charge in [-0.05, 0) is 26.7 Å². The summed E-state index contributed by atoms with van der Waals surface area (Å²) in [6.45, 7) is 5.30. The van der Waals surface area contributed by atoms with Crippen molar-refractivity contribution in [1.29, 1.82) is 0 Å². The maximum Gasteiger partial charge on any atom is 0.246 e. The van der Waals surface area contributed by atoms with Crippen LogP contribution in [0.15, 0.2) is 0 Å². The second kappa shape index (κ2) is 19.3. The van der Waals surface area contributed by atoms with Crippen LogP contribution in [0, 0.1) is 0 Å². The van der Waals surface area contributed by atoms with Crippen LogP contribution in [0.2, 0.25) is 0 Å². The molecular weight excluding hydrogens is 396 g/mol. The van der Waals surface area contributed by atoms with Crippen LogP contribution in [0.5, 0.6) is 0 Å². The molecule has 1 amide bonds. The molecule has 0 aliphatic rings. The molecule has 10 heteroatoms. The number of carbonyl (C=O) groups is 4. The van der Waals surface area contributed by atoms with Gasteiger partial charge < -0.3 is 30.0 Å². The maximum absolute atomic E-state index is 11.7. The molecule has 0 fully saturated rings. The molecule has 0 aliphatic carbocycles. The van der Waals surface area contributed by atoms with Crippen molar-refractivity contribution in [2.75, 3.05) is 59.4 Å². The summed E-state index contributed by atoms with van der Waals surface area (Å²) in [5, 5.41) is 2.65. The van der Waals surface area contributed by atoms with Gasteiger partial charge in [-0.15, -0.1) is 0 Å². The Kier molecular flexibility index (Phi) is 18.2. The van der Waals surface area contributed by atoms with Gasteiger partial charge in [0, 0.05) is 26.0 Å². The lowest BCUT2D eigenvalue weighted by molar-refractivity contribution is -0.127. The van der Waals surface area contributed by atoms with Crippen molar-refractivity contribution in [2.24, 2.45) is 5.73 Å². The van der Waals surface area contributed by atoms with Gasteiger partial charge in [0.05, 0.1) is 39.1 Å². The zero-order valence-electron chi connectivity index (χ0n) is 18.1. The maximum atomic E-state index is 11.7. The van der Waals surface area contributed by atoms with Crippen LogP contribution in [0.4, 0.5) is 0 Å². The number of amides is 1. The Morgan fingerprint density at radius 3 is 2.03 bits per heavy atom. The molecule has 30 heavy (non-hydrogen) atoms. The standard InChI is InChI=1S/C20H36N2O8/c1-16(23)14-29-12-11-28-9-7-22-20(26)15-30-13-10-27-8-3-4-18(25)5-6-19(21)17(2)24/h19H,3-15,21H2,1-2H3,(H,22,26)/t19-/m0/s1. The van der Waals surface area contributed by atoms with Crippen LogP contribution in [0.1, 0.15) is 39.5 Å². The summed E-state index contributed by atoms with van der Waals surface area (Å²) in [5.74, 6) is -0.330. The van der Waals surface area contributed by atoms with E-state index < -0.39 is 6.04 Å². The van der Waals surface area contributed by atoms with Crippen LogP contribution in [-0.4, -0.2) is 88.7 Å². The molecule has 0 saturated carbocycles. The highest BCUT2D eigenvalue weighted by Gasteiger charge is 2.10. The van der Waals surface area contributed by atoms with Gasteiger partial charge in [-0.3, -0.25) is 19.2 Å². The second-order valence-corrected chi connectivity index (χ2v) is 6.78. The summed E-state index contributed by atoms with van der Waals surface area (Å²) in [6, 6.07) is -0.565. The number of carbonyl (C=O) groups excluding carboxylic acids is 4. The van der Waals surface area contributed by atoms with Crippen LogP contribution in [0.25, 0.3) is 0 Å². The van der Waals surface area contributed by atoms with E-state index in [1.54, 1.807) is 0 Å². The first-order valence-corrected chi connectivity index (χ1v) is 10.2. The Morgan fingerprint density at radius 2 is 1.40 bits per heavy atom. The van der Waals surface area contributed by atoms with Gasteiger partial charge in [-0.1, -0.05) is 0 Å². The van der Waals surface area contributed by atoms with E-state index in [9.17, 15) is 19.2 Å². The van der Waals surface area contributed by atoms with Crippen LogP contribution in [-0.2, 0) is 38.1 Å². The highest BCUT2D eigenvalue weighted by molar-refractivity contribution is 5.83. The van der Waals surface area contributed by atoms with Crippen molar-refractivity contribution >= 4 is 23.3 Å². The van der Waals surface area contributed by atoms with Gasteiger partial charge >= 0.3 is 0 Å². The number of hydrogen-bond donors (Lipinski definition) is 2. The van der Waals surface area contributed by atoms with Crippen LogP contribution < -0.4 is 11.1 Å². The zero-order chi connectivity index (χ0) is 22.6. The summed E-state index contributed by atoms with van der Waals surface area (Å²) >= 11 is 0. The fraction of sp³-hybridized carbons (Fsp3) is 0.800. The van der Waals surface area contributed by atoms with E-state index in [1.165, 1.54) is 13.8 Å². The molecule has 0 aromatic heterocycles. The first kappa shape index (κ1) is 28.3. The topological polar surface area (TPSA) is 143 Å². The quantitative estimate of drug-likeness (QED) is 0.236. The molecule has 3 N–H and O–H groups in total.